The average Bonchev–Trinajstić information content (AvgIpc) is 2.68. The van der Waals surface area contributed by atoms with Gasteiger partial charge in [0, 0.05) is 6.42 Å². The van der Waals surface area contributed by atoms with Crippen LogP contribution in [0.2, 0.25) is 55.9 Å². The molecule has 7 heteroatoms. The molecular weight excluding hydrogens is 485 g/mol. The summed E-state index contributed by atoms with van der Waals surface area (Å²) in [6, 6.07) is 9.12. The zero-order chi connectivity index (χ0) is 27.3. The highest BCUT2D eigenvalue weighted by atomic mass is 28.4. The van der Waals surface area contributed by atoms with E-state index in [1.165, 1.54) is 0 Å². The van der Waals surface area contributed by atoms with Crippen molar-refractivity contribution in [1.29, 1.82) is 0 Å². The molecule has 0 aliphatic carbocycles. The van der Waals surface area contributed by atoms with Gasteiger partial charge in [-0.3, -0.25) is 0 Å². The molecule has 0 spiro atoms. The molecule has 1 aromatic rings. The second-order valence-corrected chi connectivity index (χ2v) is 27.8. The van der Waals surface area contributed by atoms with Gasteiger partial charge in [-0.25, -0.2) is 4.79 Å². The van der Waals surface area contributed by atoms with Crippen molar-refractivity contribution in [2.45, 2.75) is 116 Å². The molecule has 0 aliphatic rings. The highest BCUT2D eigenvalue weighted by Gasteiger charge is 2.44. The van der Waals surface area contributed by atoms with Gasteiger partial charge < -0.3 is 13.6 Å². The normalized spacial score (nSPS) is 15.1. The van der Waals surface area contributed by atoms with Crippen molar-refractivity contribution in [3.63, 3.8) is 0 Å². The van der Waals surface area contributed by atoms with Crippen molar-refractivity contribution < 1.29 is 18.4 Å². The smallest absolute Gasteiger partial charge is 0.338 e. The molecule has 4 nitrogen and oxygen atoms in total. The monoisotopic (exact) mass is 534 g/mol. The molecule has 0 aliphatic heterocycles. The van der Waals surface area contributed by atoms with Crippen LogP contribution >= 0.6 is 0 Å². The second kappa shape index (κ2) is 11.9. The second-order valence-electron chi connectivity index (χ2n) is 13.5. The maximum atomic E-state index is 12.6. The topological polar surface area (TPSA) is 44.8 Å². The van der Waals surface area contributed by atoms with Crippen molar-refractivity contribution in [3.8, 4) is 11.5 Å². The van der Waals surface area contributed by atoms with Gasteiger partial charge >= 0.3 is 5.97 Å². The third-order valence-electron chi connectivity index (χ3n) is 7.05. The van der Waals surface area contributed by atoms with Gasteiger partial charge in [-0.05, 0) is 48.4 Å². The number of benzene rings is 1. The molecule has 0 radical (unpaired) electrons. The van der Waals surface area contributed by atoms with Crippen LogP contribution in [0.15, 0.2) is 30.3 Å². The predicted octanol–water partition coefficient (Wildman–Crippen LogP) is 7.90. The van der Waals surface area contributed by atoms with Crippen molar-refractivity contribution in [3.05, 3.63) is 35.9 Å². The van der Waals surface area contributed by atoms with Crippen molar-refractivity contribution in [1.82, 2.24) is 0 Å². The van der Waals surface area contributed by atoms with E-state index in [4.69, 9.17) is 13.6 Å². The summed E-state index contributed by atoms with van der Waals surface area (Å²) in [4.78, 5) is 12.6. The summed E-state index contributed by atoms with van der Waals surface area (Å²) in [5.74, 6) is 3.20. The number of carbonyl (C=O) groups is 1. The van der Waals surface area contributed by atoms with E-state index in [0.29, 0.717) is 12.0 Å². The molecule has 2 unspecified atom stereocenters. The Morgan fingerprint density at radius 3 is 1.77 bits per heavy atom. The lowest BCUT2D eigenvalue weighted by Crippen LogP contribution is -2.52. The van der Waals surface area contributed by atoms with Gasteiger partial charge in [-0.15, -0.1) is 5.54 Å². The fourth-order valence-electron chi connectivity index (χ4n) is 2.73. The van der Waals surface area contributed by atoms with E-state index in [9.17, 15) is 4.79 Å². The van der Waals surface area contributed by atoms with Crippen molar-refractivity contribution in [2.75, 3.05) is 6.61 Å². The molecule has 0 heterocycles. The Morgan fingerprint density at radius 2 is 1.31 bits per heavy atom. The summed E-state index contributed by atoms with van der Waals surface area (Å²) in [5.41, 5.74) is 4.10. The highest BCUT2D eigenvalue weighted by molar-refractivity contribution is 6.83. The fourth-order valence-corrected chi connectivity index (χ4v) is 5.86. The number of rotatable bonds is 9. The van der Waals surface area contributed by atoms with Crippen LogP contribution in [-0.4, -0.2) is 49.5 Å². The van der Waals surface area contributed by atoms with Gasteiger partial charge in [0.25, 0.3) is 0 Å². The summed E-state index contributed by atoms with van der Waals surface area (Å²) in [7, 11) is -5.88. The maximum Gasteiger partial charge on any atom is 0.338 e. The standard InChI is InChI=1S/C28H50O4Si3/c1-27(2,3)34(10,11)31-24(19-21-30-26(29)23-17-15-14-16-18-23)25(20-22-33(7,8)9)32-35(12,13)28(4,5)6/h14-18,24-25H,19,21H2,1-13H3. The quantitative estimate of drug-likeness (QED) is 0.183. The van der Waals surface area contributed by atoms with Crippen LogP contribution in [0.25, 0.3) is 0 Å². The lowest BCUT2D eigenvalue weighted by atomic mass is 10.1. The molecule has 1 aromatic carbocycles. The number of carbonyl (C=O) groups excluding carboxylic acids is 1. The van der Waals surface area contributed by atoms with E-state index in [2.05, 4.69) is 98.8 Å². The molecule has 198 valence electrons. The van der Waals surface area contributed by atoms with Gasteiger partial charge in [-0.1, -0.05) is 85.3 Å². The van der Waals surface area contributed by atoms with E-state index in [1.54, 1.807) is 12.1 Å². The van der Waals surface area contributed by atoms with Gasteiger partial charge in [0.2, 0.25) is 0 Å². The summed E-state index contributed by atoms with van der Waals surface area (Å²) >= 11 is 0. The number of hydrogen-bond acceptors (Lipinski definition) is 4. The maximum absolute atomic E-state index is 12.6. The molecule has 0 bridgehead atoms. The minimum atomic E-state index is -2.13. The van der Waals surface area contributed by atoms with Crippen molar-refractivity contribution >= 4 is 30.7 Å². The third kappa shape index (κ3) is 10.4. The lowest BCUT2D eigenvalue weighted by molar-refractivity contribution is 0.0276. The number of ether oxygens (including phenoxy) is 1. The predicted molar refractivity (Wildman–Crippen MR) is 157 cm³/mol. The van der Waals surface area contributed by atoms with Crippen LogP contribution in [0.1, 0.15) is 58.3 Å². The molecule has 2 atom stereocenters. The van der Waals surface area contributed by atoms with E-state index in [-0.39, 0.29) is 34.9 Å². The zero-order valence-corrected chi connectivity index (χ0v) is 27.6. The van der Waals surface area contributed by atoms with Gasteiger partial charge in [-0.2, -0.15) is 0 Å². The van der Waals surface area contributed by atoms with Crippen LogP contribution in [0, 0.1) is 11.5 Å². The number of hydrogen-bond donors (Lipinski definition) is 0. The Kier molecular flexibility index (Phi) is 10.8. The molecule has 0 saturated heterocycles. The first-order valence-electron chi connectivity index (χ1n) is 12.8. The van der Waals surface area contributed by atoms with Gasteiger partial charge in [0.15, 0.2) is 16.6 Å². The Labute approximate surface area is 218 Å². The molecule has 1 rings (SSSR count). The minimum absolute atomic E-state index is 0.0414. The van der Waals surface area contributed by atoms with Crippen molar-refractivity contribution in [2.24, 2.45) is 0 Å². The Bertz CT molecular complexity index is 879. The SMILES string of the molecule is CC(C)(C)[Si](C)(C)OC(C#C[Si](C)(C)C)C(CCOC(=O)c1ccccc1)O[Si](C)(C)C(C)(C)C. The first-order chi connectivity index (χ1) is 15.7. The lowest BCUT2D eigenvalue weighted by Gasteiger charge is -2.44. The third-order valence-corrected chi connectivity index (χ3v) is 16.9. The van der Waals surface area contributed by atoms with Crippen LogP contribution in [0.5, 0.6) is 0 Å². The molecule has 0 amide bonds. The summed E-state index contributed by atoms with van der Waals surface area (Å²) in [6.07, 6.45) is -0.0744. The highest BCUT2D eigenvalue weighted by Crippen LogP contribution is 2.40. The summed E-state index contributed by atoms with van der Waals surface area (Å²) in [5, 5.41) is 0.0904. The molecule has 0 fully saturated rings. The average molecular weight is 535 g/mol. The van der Waals surface area contributed by atoms with Crippen LogP contribution in [0.4, 0.5) is 0 Å². The van der Waals surface area contributed by atoms with E-state index in [0.717, 1.165) is 0 Å². The zero-order valence-electron chi connectivity index (χ0n) is 24.6. The van der Waals surface area contributed by atoms with Gasteiger partial charge in [0.05, 0.1) is 18.3 Å². The number of esters is 1. The first-order valence-corrected chi connectivity index (χ1v) is 22.1. The van der Waals surface area contributed by atoms with Crippen LogP contribution in [-0.2, 0) is 13.6 Å². The van der Waals surface area contributed by atoms with Crippen LogP contribution in [0.3, 0.4) is 0 Å². The summed E-state index contributed by atoms with van der Waals surface area (Å²) < 4.78 is 19.5. The summed E-state index contributed by atoms with van der Waals surface area (Å²) in [6.45, 7) is 29.5. The van der Waals surface area contributed by atoms with Gasteiger partial charge in [0.1, 0.15) is 14.2 Å². The first kappa shape index (κ1) is 31.9. The molecule has 35 heavy (non-hydrogen) atoms. The van der Waals surface area contributed by atoms with Crippen LogP contribution < -0.4 is 0 Å². The largest absolute Gasteiger partial charge is 0.462 e. The molecule has 0 N–H and O–H groups in total. The Hall–Kier alpha value is -1.18. The Morgan fingerprint density at radius 1 is 0.829 bits per heavy atom. The molecular formula is C28H50O4Si3. The molecule has 0 aromatic heterocycles. The molecule has 0 saturated carbocycles. The van der Waals surface area contributed by atoms with E-state index < -0.39 is 24.7 Å². The Balaban J connectivity index is 3.30. The van der Waals surface area contributed by atoms with E-state index in [1.807, 2.05) is 18.2 Å². The fraction of sp³-hybridized carbons (Fsp3) is 0.679. The van der Waals surface area contributed by atoms with E-state index >= 15 is 0 Å². The minimum Gasteiger partial charge on any atom is -0.462 e.